The van der Waals surface area contributed by atoms with Crippen molar-refractivity contribution < 1.29 is 13.2 Å². The van der Waals surface area contributed by atoms with Crippen LogP contribution in [0, 0.1) is 19.8 Å². The van der Waals surface area contributed by atoms with Crippen LogP contribution < -0.4 is 0 Å². The Bertz CT molecular complexity index is 778. The first-order valence-electron chi connectivity index (χ1n) is 9.85. The summed E-state index contributed by atoms with van der Waals surface area (Å²) in [6.45, 7) is 10.2. The Morgan fingerprint density at radius 2 is 1.67 bits per heavy atom. The zero-order chi connectivity index (χ0) is 19.6. The number of piperazine rings is 1. The molecule has 1 aromatic carbocycles. The molecule has 6 nitrogen and oxygen atoms in total. The maximum atomic E-state index is 13.0. The van der Waals surface area contributed by atoms with Crippen LogP contribution in [0.5, 0.6) is 0 Å². The smallest absolute Gasteiger partial charge is 0.243 e. The molecule has 7 heteroatoms. The molecule has 2 aliphatic rings. The van der Waals surface area contributed by atoms with Crippen LogP contribution in [0.15, 0.2) is 23.1 Å². The van der Waals surface area contributed by atoms with E-state index in [-0.39, 0.29) is 5.91 Å². The molecule has 0 aromatic heterocycles. The van der Waals surface area contributed by atoms with Crippen molar-refractivity contribution in [3.63, 3.8) is 0 Å². The summed E-state index contributed by atoms with van der Waals surface area (Å²) < 4.78 is 27.5. The Balaban J connectivity index is 1.56. The highest BCUT2D eigenvalue weighted by Crippen LogP contribution is 2.22. The van der Waals surface area contributed by atoms with Crippen molar-refractivity contribution in [3.8, 4) is 0 Å². The second-order valence-electron chi connectivity index (χ2n) is 8.01. The Labute approximate surface area is 163 Å². The summed E-state index contributed by atoms with van der Waals surface area (Å²) in [6.07, 6.45) is 2.15. The highest BCUT2D eigenvalue weighted by Gasteiger charge is 2.31. The summed E-state index contributed by atoms with van der Waals surface area (Å²) in [5.41, 5.74) is 1.84. The van der Waals surface area contributed by atoms with Crippen molar-refractivity contribution in [2.24, 2.45) is 5.92 Å². The van der Waals surface area contributed by atoms with Gasteiger partial charge in [0.15, 0.2) is 0 Å². The third-order valence-electron chi connectivity index (χ3n) is 5.77. The third-order valence-corrected chi connectivity index (χ3v) is 7.83. The molecule has 2 aliphatic heterocycles. The standard InChI is InChI=1S/C20H31N3O3S/c1-16-6-8-22(9-7-16)20(24)15-21-10-12-23(13-11-21)27(25,26)19-5-4-17(2)14-18(19)3/h4-5,14,16H,6-13,15H2,1-3H3. The molecule has 0 radical (unpaired) electrons. The van der Waals surface area contributed by atoms with Crippen molar-refractivity contribution in [2.45, 2.75) is 38.5 Å². The number of sulfonamides is 1. The summed E-state index contributed by atoms with van der Waals surface area (Å²) in [6, 6.07) is 5.45. The van der Waals surface area contributed by atoms with Gasteiger partial charge in [0.2, 0.25) is 15.9 Å². The lowest BCUT2D eigenvalue weighted by molar-refractivity contribution is -0.134. The molecule has 1 amide bonds. The summed E-state index contributed by atoms with van der Waals surface area (Å²) in [5, 5.41) is 0. The number of benzene rings is 1. The predicted octanol–water partition coefficient (Wildman–Crippen LogP) is 1.87. The van der Waals surface area contributed by atoms with Crippen molar-refractivity contribution in [1.82, 2.24) is 14.1 Å². The number of nitrogens with zero attached hydrogens (tertiary/aromatic N) is 3. The number of aryl methyl sites for hydroxylation is 2. The molecule has 150 valence electrons. The van der Waals surface area contributed by atoms with E-state index < -0.39 is 10.0 Å². The van der Waals surface area contributed by atoms with Crippen molar-refractivity contribution in [1.29, 1.82) is 0 Å². The number of hydrogen-bond acceptors (Lipinski definition) is 4. The zero-order valence-corrected chi connectivity index (χ0v) is 17.5. The van der Waals surface area contributed by atoms with Gasteiger partial charge in [-0.15, -0.1) is 0 Å². The van der Waals surface area contributed by atoms with Crippen molar-refractivity contribution in [3.05, 3.63) is 29.3 Å². The number of carbonyl (C=O) groups is 1. The average Bonchev–Trinajstić information content (AvgIpc) is 2.62. The monoisotopic (exact) mass is 393 g/mol. The fourth-order valence-electron chi connectivity index (χ4n) is 3.91. The first-order valence-corrected chi connectivity index (χ1v) is 11.3. The first-order chi connectivity index (χ1) is 12.8. The first kappa shape index (κ1) is 20.3. The highest BCUT2D eigenvalue weighted by molar-refractivity contribution is 7.89. The fourth-order valence-corrected chi connectivity index (χ4v) is 5.53. The quantitative estimate of drug-likeness (QED) is 0.784. The van der Waals surface area contributed by atoms with Gasteiger partial charge >= 0.3 is 0 Å². The van der Waals surface area contributed by atoms with E-state index in [4.69, 9.17) is 0 Å². The molecule has 2 saturated heterocycles. The number of likely N-dealkylation sites (tertiary alicyclic amines) is 1. The van der Waals surface area contributed by atoms with E-state index in [9.17, 15) is 13.2 Å². The van der Waals surface area contributed by atoms with E-state index in [0.717, 1.165) is 37.1 Å². The van der Waals surface area contributed by atoms with Gasteiger partial charge in [-0.3, -0.25) is 9.69 Å². The molecule has 0 saturated carbocycles. The molecule has 0 aliphatic carbocycles. The Hall–Kier alpha value is -1.44. The molecule has 27 heavy (non-hydrogen) atoms. The van der Waals surface area contributed by atoms with Crippen LogP contribution in [-0.2, 0) is 14.8 Å². The van der Waals surface area contributed by atoms with Crippen LogP contribution in [0.3, 0.4) is 0 Å². The molecule has 1 aromatic rings. The molecule has 0 spiro atoms. The lowest BCUT2D eigenvalue weighted by Gasteiger charge is -2.36. The highest BCUT2D eigenvalue weighted by atomic mass is 32.2. The number of piperidine rings is 1. The van der Waals surface area contributed by atoms with Gasteiger partial charge in [-0.05, 0) is 44.2 Å². The van der Waals surface area contributed by atoms with E-state index >= 15 is 0 Å². The van der Waals surface area contributed by atoms with Crippen LogP contribution >= 0.6 is 0 Å². The predicted molar refractivity (Wildman–Crippen MR) is 106 cm³/mol. The number of carbonyl (C=O) groups excluding carboxylic acids is 1. The molecule has 3 rings (SSSR count). The van der Waals surface area contributed by atoms with Crippen LogP contribution in [-0.4, -0.2) is 74.2 Å². The number of rotatable bonds is 4. The lowest BCUT2D eigenvalue weighted by Crippen LogP contribution is -2.52. The maximum absolute atomic E-state index is 13.0. The molecule has 0 unspecified atom stereocenters. The van der Waals surface area contributed by atoms with Gasteiger partial charge in [0, 0.05) is 39.3 Å². The van der Waals surface area contributed by atoms with E-state index in [1.807, 2.05) is 30.9 Å². The summed E-state index contributed by atoms with van der Waals surface area (Å²) in [5.74, 6) is 0.876. The Morgan fingerprint density at radius 1 is 1.04 bits per heavy atom. The van der Waals surface area contributed by atoms with Gasteiger partial charge in [0.25, 0.3) is 0 Å². The van der Waals surface area contributed by atoms with Gasteiger partial charge in [-0.25, -0.2) is 8.42 Å². The van der Waals surface area contributed by atoms with Crippen molar-refractivity contribution >= 4 is 15.9 Å². The summed E-state index contributed by atoms with van der Waals surface area (Å²) in [4.78, 5) is 16.9. The zero-order valence-electron chi connectivity index (χ0n) is 16.6. The van der Waals surface area contributed by atoms with Crippen LogP contribution in [0.25, 0.3) is 0 Å². The lowest BCUT2D eigenvalue weighted by atomic mass is 9.99. The Kier molecular flexibility index (Phi) is 6.23. The van der Waals surface area contributed by atoms with E-state index in [1.54, 1.807) is 10.4 Å². The minimum Gasteiger partial charge on any atom is -0.342 e. The molecule has 0 N–H and O–H groups in total. The molecule has 2 fully saturated rings. The molecule has 0 atom stereocenters. The molecule has 2 heterocycles. The Morgan fingerprint density at radius 3 is 2.26 bits per heavy atom. The van der Waals surface area contributed by atoms with Gasteiger partial charge in [-0.2, -0.15) is 4.31 Å². The average molecular weight is 394 g/mol. The fraction of sp³-hybridized carbons (Fsp3) is 0.650. The summed E-state index contributed by atoms with van der Waals surface area (Å²) >= 11 is 0. The van der Waals surface area contributed by atoms with Crippen LogP contribution in [0.4, 0.5) is 0 Å². The van der Waals surface area contributed by atoms with Crippen molar-refractivity contribution in [2.75, 3.05) is 45.8 Å². The molecular weight excluding hydrogens is 362 g/mol. The SMILES string of the molecule is Cc1ccc(S(=O)(=O)N2CCN(CC(=O)N3CCC(C)CC3)CC2)c(C)c1. The van der Waals surface area contributed by atoms with Gasteiger partial charge in [0.1, 0.15) is 0 Å². The minimum atomic E-state index is -3.48. The van der Waals surface area contributed by atoms with Gasteiger partial charge in [-0.1, -0.05) is 24.6 Å². The van der Waals surface area contributed by atoms with Gasteiger partial charge < -0.3 is 4.90 Å². The number of hydrogen-bond donors (Lipinski definition) is 0. The topological polar surface area (TPSA) is 60.9 Å². The maximum Gasteiger partial charge on any atom is 0.243 e. The second kappa shape index (κ2) is 8.29. The van der Waals surface area contributed by atoms with E-state index in [2.05, 4.69) is 11.8 Å². The van der Waals surface area contributed by atoms with Crippen LogP contribution in [0.1, 0.15) is 30.9 Å². The normalized spacial score (nSPS) is 20.8. The van der Waals surface area contributed by atoms with Gasteiger partial charge in [0.05, 0.1) is 11.4 Å². The largest absolute Gasteiger partial charge is 0.342 e. The molecular formula is C20H31N3O3S. The minimum absolute atomic E-state index is 0.174. The third kappa shape index (κ3) is 4.70. The number of amides is 1. The van der Waals surface area contributed by atoms with E-state index in [1.165, 1.54) is 0 Å². The molecule has 0 bridgehead atoms. The van der Waals surface area contributed by atoms with Crippen LogP contribution in [0.2, 0.25) is 0 Å². The van der Waals surface area contributed by atoms with E-state index in [0.29, 0.717) is 43.5 Å². The second-order valence-corrected chi connectivity index (χ2v) is 9.92. The summed E-state index contributed by atoms with van der Waals surface area (Å²) in [7, 11) is -3.48.